The van der Waals surface area contributed by atoms with Crippen LogP contribution in [-0.2, 0) is 17.8 Å². The lowest BCUT2D eigenvalue weighted by atomic mass is 10.0. The number of hydrogen-bond donors (Lipinski definition) is 1. The molecule has 2 heterocycles. The summed E-state index contributed by atoms with van der Waals surface area (Å²) >= 11 is 0. The van der Waals surface area contributed by atoms with E-state index in [2.05, 4.69) is 10.4 Å². The Morgan fingerprint density at radius 2 is 1.96 bits per heavy atom. The first kappa shape index (κ1) is 16.3. The number of rotatable bonds is 5. The van der Waals surface area contributed by atoms with Crippen molar-refractivity contribution in [1.29, 1.82) is 0 Å². The van der Waals surface area contributed by atoms with Gasteiger partial charge in [0.1, 0.15) is 18.2 Å². The minimum absolute atomic E-state index is 0.0572. The van der Waals surface area contributed by atoms with Crippen LogP contribution in [0.5, 0.6) is 5.75 Å². The summed E-state index contributed by atoms with van der Waals surface area (Å²) < 4.78 is 20.6. The molecule has 132 valence electrons. The zero-order valence-corrected chi connectivity index (χ0v) is 14.1. The Morgan fingerprint density at radius 1 is 1.12 bits per heavy atom. The van der Waals surface area contributed by atoms with Gasteiger partial charge in [-0.05, 0) is 60.5 Å². The fraction of sp³-hybridized carbons (Fsp3) is 0.200. The van der Waals surface area contributed by atoms with E-state index in [4.69, 9.17) is 4.74 Å². The number of aromatic nitrogens is 2. The van der Waals surface area contributed by atoms with Gasteiger partial charge < -0.3 is 10.1 Å². The molecule has 1 N–H and O–H groups in total. The quantitative estimate of drug-likeness (QED) is 0.763. The highest BCUT2D eigenvalue weighted by molar-refractivity contribution is 5.93. The molecule has 0 bridgehead atoms. The molecule has 0 atom stereocenters. The van der Waals surface area contributed by atoms with E-state index in [1.54, 1.807) is 16.8 Å². The van der Waals surface area contributed by atoms with Crippen LogP contribution in [0.3, 0.4) is 0 Å². The van der Waals surface area contributed by atoms with Crippen LogP contribution in [0.25, 0.3) is 11.3 Å². The van der Waals surface area contributed by atoms with Gasteiger partial charge in [-0.2, -0.15) is 5.10 Å². The van der Waals surface area contributed by atoms with E-state index in [9.17, 15) is 9.18 Å². The monoisotopic (exact) mass is 351 g/mol. The van der Waals surface area contributed by atoms with Crippen LogP contribution in [0.2, 0.25) is 0 Å². The average molecular weight is 351 g/mol. The molecule has 0 aliphatic carbocycles. The number of ether oxygens (including phenoxy) is 1. The third-order valence-corrected chi connectivity index (χ3v) is 4.34. The van der Waals surface area contributed by atoms with Gasteiger partial charge in [-0.15, -0.1) is 0 Å². The Hall–Kier alpha value is -3.15. The first-order valence-corrected chi connectivity index (χ1v) is 8.52. The van der Waals surface area contributed by atoms with Crippen LogP contribution in [0.15, 0.2) is 54.7 Å². The van der Waals surface area contributed by atoms with E-state index in [1.807, 2.05) is 30.5 Å². The molecule has 4 rings (SSSR count). The summed E-state index contributed by atoms with van der Waals surface area (Å²) in [6.07, 6.45) is 3.12. The lowest BCUT2D eigenvalue weighted by Gasteiger charge is -2.17. The Morgan fingerprint density at radius 3 is 2.81 bits per heavy atom. The summed E-state index contributed by atoms with van der Waals surface area (Å²) in [5.41, 5.74) is 3.64. The van der Waals surface area contributed by atoms with Gasteiger partial charge in [0.25, 0.3) is 0 Å². The molecule has 0 saturated heterocycles. The molecular formula is C20H18FN3O2. The number of anilines is 1. The zero-order chi connectivity index (χ0) is 17.9. The van der Waals surface area contributed by atoms with E-state index in [0.717, 1.165) is 34.7 Å². The topological polar surface area (TPSA) is 56.2 Å². The lowest BCUT2D eigenvalue weighted by molar-refractivity contribution is -0.116. The number of carbonyl (C=O) groups excluding carboxylic acids is 1. The van der Waals surface area contributed by atoms with E-state index in [-0.39, 0.29) is 11.7 Å². The fourth-order valence-corrected chi connectivity index (χ4v) is 2.97. The van der Waals surface area contributed by atoms with E-state index in [1.165, 1.54) is 12.1 Å². The van der Waals surface area contributed by atoms with Gasteiger partial charge >= 0.3 is 0 Å². The number of benzene rings is 2. The number of nitrogens with zero attached hydrogens (tertiary/aromatic N) is 2. The van der Waals surface area contributed by atoms with Crippen LogP contribution < -0.4 is 10.1 Å². The smallest absolute Gasteiger partial charge is 0.224 e. The van der Waals surface area contributed by atoms with Gasteiger partial charge in [0, 0.05) is 23.9 Å². The van der Waals surface area contributed by atoms with Gasteiger partial charge in [0.15, 0.2) is 0 Å². The van der Waals surface area contributed by atoms with Crippen molar-refractivity contribution in [1.82, 2.24) is 9.78 Å². The van der Waals surface area contributed by atoms with Gasteiger partial charge in [0.05, 0.1) is 12.2 Å². The van der Waals surface area contributed by atoms with Crippen molar-refractivity contribution in [3.63, 3.8) is 0 Å². The summed E-state index contributed by atoms with van der Waals surface area (Å²) in [6.45, 7) is 1.09. The third-order valence-electron chi connectivity index (χ3n) is 4.34. The van der Waals surface area contributed by atoms with Crippen molar-refractivity contribution < 1.29 is 13.9 Å². The summed E-state index contributed by atoms with van der Waals surface area (Å²) in [6, 6.07) is 13.9. The van der Waals surface area contributed by atoms with Gasteiger partial charge in [-0.25, -0.2) is 4.39 Å². The fourth-order valence-electron chi connectivity index (χ4n) is 2.97. The Bertz CT molecular complexity index is 934. The number of hydrogen-bond acceptors (Lipinski definition) is 3. The van der Waals surface area contributed by atoms with Crippen molar-refractivity contribution in [2.45, 2.75) is 19.4 Å². The van der Waals surface area contributed by atoms with Crippen LogP contribution in [0.4, 0.5) is 10.1 Å². The maximum absolute atomic E-state index is 13.0. The maximum atomic E-state index is 13.0. The molecule has 1 amide bonds. The standard InChI is InChI=1S/C20H18FN3O2/c21-16-4-1-14(2-5-16)19-9-10-24(23-19)11-12-26-17-6-7-18-15(13-17)3-8-20(25)22-18/h1-2,4-7,9-10,13H,3,8,11-12H2,(H,22,25). The number of nitrogens with one attached hydrogen (secondary N) is 1. The predicted octanol–water partition coefficient (Wildman–Crippen LogP) is 3.65. The van der Waals surface area contributed by atoms with E-state index < -0.39 is 0 Å². The van der Waals surface area contributed by atoms with Crippen molar-refractivity contribution in [2.75, 3.05) is 11.9 Å². The molecular weight excluding hydrogens is 333 g/mol. The number of aryl methyl sites for hydroxylation is 1. The lowest BCUT2D eigenvalue weighted by Crippen LogP contribution is -2.19. The van der Waals surface area contributed by atoms with Crippen LogP contribution in [0.1, 0.15) is 12.0 Å². The van der Waals surface area contributed by atoms with Gasteiger partial charge in [-0.1, -0.05) is 0 Å². The summed E-state index contributed by atoms with van der Waals surface area (Å²) in [4.78, 5) is 11.4. The maximum Gasteiger partial charge on any atom is 0.224 e. The number of fused-ring (bicyclic) bond motifs is 1. The van der Waals surface area contributed by atoms with E-state index in [0.29, 0.717) is 19.6 Å². The molecule has 0 unspecified atom stereocenters. The Kier molecular flexibility index (Phi) is 4.39. The molecule has 26 heavy (non-hydrogen) atoms. The van der Waals surface area contributed by atoms with Crippen molar-refractivity contribution in [3.05, 3.63) is 66.1 Å². The molecule has 0 radical (unpaired) electrons. The molecule has 2 aromatic carbocycles. The molecule has 1 aliphatic rings. The number of amides is 1. The van der Waals surface area contributed by atoms with Crippen LogP contribution in [0, 0.1) is 5.82 Å². The zero-order valence-electron chi connectivity index (χ0n) is 14.1. The molecule has 1 aromatic heterocycles. The second-order valence-electron chi connectivity index (χ2n) is 6.19. The van der Waals surface area contributed by atoms with Crippen molar-refractivity contribution >= 4 is 11.6 Å². The van der Waals surface area contributed by atoms with Crippen LogP contribution >= 0.6 is 0 Å². The predicted molar refractivity (Wildman–Crippen MR) is 96.5 cm³/mol. The third kappa shape index (κ3) is 3.59. The normalized spacial score (nSPS) is 13.2. The largest absolute Gasteiger partial charge is 0.492 e. The van der Waals surface area contributed by atoms with Gasteiger partial charge in [0.2, 0.25) is 5.91 Å². The molecule has 0 fully saturated rings. The first-order valence-electron chi connectivity index (χ1n) is 8.52. The molecule has 5 nitrogen and oxygen atoms in total. The van der Waals surface area contributed by atoms with Crippen molar-refractivity contribution in [2.24, 2.45) is 0 Å². The van der Waals surface area contributed by atoms with Gasteiger partial charge in [-0.3, -0.25) is 9.48 Å². The average Bonchev–Trinajstić information content (AvgIpc) is 3.11. The van der Waals surface area contributed by atoms with Crippen LogP contribution in [-0.4, -0.2) is 22.3 Å². The highest BCUT2D eigenvalue weighted by Gasteiger charge is 2.15. The Balaban J connectivity index is 1.35. The highest BCUT2D eigenvalue weighted by Crippen LogP contribution is 2.26. The minimum Gasteiger partial charge on any atom is -0.492 e. The molecule has 1 aliphatic heterocycles. The second kappa shape index (κ2) is 7.00. The molecule has 0 spiro atoms. The summed E-state index contributed by atoms with van der Waals surface area (Å²) in [5, 5.41) is 7.35. The van der Waals surface area contributed by atoms with Crippen molar-refractivity contribution in [3.8, 4) is 17.0 Å². The number of carbonyl (C=O) groups is 1. The molecule has 0 saturated carbocycles. The highest BCUT2D eigenvalue weighted by atomic mass is 19.1. The minimum atomic E-state index is -0.258. The molecule has 6 heteroatoms. The second-order valence-corrected chi connectivity index (χ2v) is 6.19. The summed E-state index contributed by atoms with van der Waals surface area (Å²) in [5.74, 6) is 0.582. The first-order chi connectivity index (χ1) is 12.7. The van der Waals surface area contributed by atoms with E-state index >= 15 is 0 Å². The summed E-state index contributed by atoms with van der Waals surface area (Å²) in [7, 11) is 0. The molecule has 3 aromatic rings. The number of halogens is 1. The Labute approximate surface area is 150 Å². The SMILES string of the molecule is O=C1CCc2cc(OCCn3ccc(-c4ccc(F)cc4)n3)ccc2N1.